The molecule has 1 amide bonds. The van der Waals surface area contributed by atoms with Crippen molar-refractivity contribution in [1.29, 1.82) is 0 Å². The highest BCUT2D eigenvalue weighted by Crippen LogP contribution is 2.34. The Balaban J connectivity index is 1.58. The number of anilines is 2. The number of benzene rings is 4. The number of nitrogens with zero attached hydrogens (tertiary/aromatic N) is 3. The molecule has 0 saturated carbocycles. The SMILES string of the molecule is CCCCc1ccc(NC(=O)C(=Nc2ccc(N(CC)CCNS(C)(=O)=O)cc2C)C(=O)c2c(-c3ccccc3)n(C)c3ccccc23)cc1. The number of ketones is 1. The highest BCUT2D eigenvalue weighted by Gasteiger charge is 2.30. The first-order valence-electron chi connectivity index (χ1n) is 17.0. The Morgan fingerprint density at radius 3 is 2.26 bits per heavy atom. The second kappa shape index (κ2) is 16.1. The van der Waals surface area contributed by atoms with E-state index in [-0.39, 0.29) is 12.3 Å². The predicted molar refractivity (Wildman–Crippen MR) is 205 cm³/mol. The van der Waals surface area contributed by atoms with Crippen LogP contribution in [0, 0.1) is 6.92 Å². The van der Waals surface area contributed by atoms with Gasteiger partial charge in [-0.3, -0.25) is 9.59 Å². The van der Waals surface area contributed by atoms with E-state index in [0.29, 0.717) is 35.7 Å². The number of sulfonamides is 1. The maximum Gasteiger partial charge on any atom is 0.278 e. The molecule has 10 heteroatoms. The lowest BCUT2D eigenvalue weighted by molar-refractivity contribution is -0.110. The van der Waals surface area contributed by atoms with Crippen molar-refractivity contribution >= 4 is 55.4 Å². The minimum absolute atomic E-state index is 0.228. The standard InChI is InChI=1S/C40H45N5O4S/c1-6-8-14-29-19-21-31(22-20-29)42-40(47)37(43-34-24-23-32(27-28(34)3)45(7-2)26-25-41-50(5,48)49)39(46)36-33-17-12-13-18-35(33)44(4)38(36)30-15-10-9-11-16-30/h9-13,15-24,27,41H,6-8,14,25-26H2,1-5H3,(H,42,47). The van der Waals surface area contributed by atoms with E-state index in [9.17, 15) is 18.0 Å². The van der Waals surface area contributed by atoms with Gasteiger partial charge in [-0.1, -0.05) is 74.0 Å². The largest absolute Gasteiger partial charge is 0.370 e. The zero-order valence-electron chi connectivity index (χ0n) is 29.4. The number of nitrogens with one attached hydrogen (secondary N) is 2. The van der Waals surface area contributed by atoms with E-state index in [2.05, 4.69) is 17.0 Å². The van der Waals surface area contributed by atoms with E-state index in [1.807, 2.05) is 121 Å². The van der Waals surface area contributed by atoms with Crippen molar-refractivity contribution in [2.75, 3.05) is 36.1 Å². The topological polar surface area (TPSA) is 113 Å². The van der Waals surface area contributed by atoms with Crippen molar-refractivity contribution < 1.29 is 18.0 Å². The van der Waals surface area contributed by atoms with Crippen molar-refractivity contribution in [1.82, 2.24) is 9.29 Å². The zero-order valence-corrected chi connectivity index (χ0v) is 30.2. The number of aromatic nitrogens is 1. The quantitative estimate of drug-likeness (QED) is 0.0672. The van der Waals surface area contributed by atoms with Gasteiger partial charge in [-0.15, -0.1) is 0 Å². The number of fused-ring (bicyclic) bond motifs is 1. The van der Waals surface area contributed by atoms with Gasteiger partial charge >= 0.3 is 0 Å². The Hall–Kier alpha value is -5.06. The molecule has 0 spiro atoms. The van der Waals surface area contributed by atoms with Crippen LogP contribution in [0.1, 0.15) is 48.2 Å². The van der Waals surface area contributed by atoms with Crippen LogP contribution in [0.25, 0.3) is 22.2 Å². The maximum atomic E-state index is 14.8. The molecule has 4 aromatic carbocycles. The van der Waals surface area contributed by atoms with Gasteiger partial charge in [-0.2, -0.15) is 0 Å². The summed E-state index contributed by atoms with van der Waals surface area (Å²) in [7, 11) is -1.38. The van der Waals surface area contributed by atoms with Gasteiger partial charge < -0.3 is 14.8 Å². The molecular weight excluding hydrogens is 647 g/mol. The predicted octanol–water partition coefficient (Wildman–Crippen LogP) is 7.47. The van der Waals surface area contributed by atoms with E-state index in [1.165, 1.54) is 5.56 Å². The molecule has 0 unspecified atom stereocenters. The molecule has 9 nitrogen and oxygen atoms in total. The van der Waals surface area contributed by atoms with Crippen LogP contribution in [-0.4, -0.2) is 56.3 Å². The summed E-state index contributed by atoms with van der Waals surface area (Å²) >= 11 is 0. The number of hydrogen-bond donors (Lipinski definition) is 2. The number of para-hydroxylation sites is 1. The summed E-state index contributed by atoms with van der Waals surface area (Å²) in [5, 5.41) is 3.67. The van der Waals surface area contributed by atoms with Crippen molar-refractivity contribution in [2.24, 2.45) is 12.0 Å². The fraction of sp³-hybridized carbons (Fsp3) is 0.275. The van der Waals surface area contributed by atoms with Crippen LogP contribution in [0.3, 0.4) is 0 Å². The van der Waals surface area contributed by atoms with Gasteiger partial charge in [0.25, 0.3) is 5.91 Å². The summed E-state index contributed by atoms with van der Waals surface area (Å²) < 4.78 is 27.7. The summed E-state index contributed by atoms with van der Waals surface area (Å²) in [6, 6.07) is 30.7. The highest BCUT2D eigenvalue weighted by molar-refractivity contribution is 7.88. The van der Waals surface area contributed by atoms with Gasteiger partial charge in [0, 0.05) is 49.0 Å². The van der Waals surface area contributed by atoms with E-state index in [0.717, 1.165) is 53.2 Å². The Bertz CT molecular complexity index is 2120. The number of amides is 1. The molecular formula is C40H45N5O4S. The smallest absolute Gasteiger partial charge is 0.278 e. The van der Waals surface area contributed by atoms with Crippen LogP contribution in [0.2, 0.25) is 0 Å². The Morgan fingerprint density at radius 2 is 1.60 bits per heavy atom. The fourth-order valence-corrected chi connectivity index (χ4v) is 6.59. The third kappa shape index (κ3) is 8.56. The molecule has 260 valence electrons. The van der Waals surface area contributed by atoms with Crippen LogP contribution >= 0.6 is 0 Å². The molecule has 5 rings (SSSR count). The minimum atomic E-state index is -3.31. The first-order chi connectivity index (χ1) is 24.0. The molecule has 0 aliphatic rings. The van der Waals surface area contributed by atoms with Crippen LogP contribution in [0.5, 0.6) is 0 Å². The van der Waals surface area contributed by atoms with Crippen molar-refractivity contribution in [2.45, 2.75) is 40.0 Å². The number of rotatable bonds is 15. The van der Waals surface area contributed by atoms with Gasteiger partial charge in [0.05, 0.1) is 23.2 Å². The van der Waals surface area contributed by atoms with E-state index in [4.69, 9.17) is 4.99 Å². The number of likely N-dealkylation sites (N-methyl/N-ethyl adjacent to an activating group) is 1. The third-order valence-corrected chi connectivity index (χ3v) is 9.48. The van der Waals surface area contributed by atoms with Gasteiger partial charge in [-0.05, 0) is 79.8 Å². The molecule has 1 aromatic heterocycles. The fourth-order valence-electron chi connectivity index (χ4n) is 6.12. The molecule has 1 heterocycles. The molecule has 0 fully saturated rings. The molecule has 0 atom stereocenters. The van der Waals surface area contributed by atoms with Crippen molar-refractivity contribution in [3.8, 4) is 11.3 Å². The first kappa shape index (κ1) is 36.2. The normalized spacial score (nSPS) is 11.9. The Morgan fingerprint density at radius 1 is 0.900 bits per heavy atom. The highest BCUT2D eigenvalue weighted by atomic mass is 32.2. The lowest BCUT2D eigenvalue weighted by Gasteiger charge is -2.24. The summed E-state index contributed by atoms with van der Waals surface area (Å²) in [6.07, 6.45) is 4.27. The number of hydrogen-bond acceptors (Lipinski definition) is 6. The second-order valence-corrected chi connectivity index (χ2v) is 14.3. The van der Waals surface area contributed by atoms with Gasteiger partial charge in [0.2, 0.25) is 15.8 Å². The van der Waals surface area contributed by atoms with Crippen molar-refractivity contribution in [3.63, 3.8) is 0 Å². The van der Waals surface area contributed by atoms with E-state index < -0.39 is 21.7 Å². The van der Waals surface area contributed by atoms with Gasteiger partial charge in [-0.25, -0.2) is 18.1 Å². The van der Waals surface area contributed by atoms with Gasteiger partial charge in [0.15, 0.2) is 5.71 Å². The monoisotopic (exact) mass is 691 g/mol. The molecule has 50 heavy (non-hydrogen) atoms. The molecule has 0 radical (unpaired) electrons. The number of Topliss-reactive ketones (excluding diaryl/α,β-unsaturated/α-hetero) is 1. The molecule has 0 aliphatic heterocycles. The molecule has 5 aromatic rings. The second-order valence-electron chi connectivity index (χ2n) is 12.4. The summed E-state index contributed by atoms with van der Waals surface area (Å²) in [5.41, 5.74) is 6.46. The lowest BCUT2D eigenvalue weighted by Crippen LogP contribution is -2.34. The Kier molecular flexibility index (Phi) is 11.7. The molecule has 0 aliphatic carbocycles. The number of unbranched alkanes of at least 4 members (excludes halogenated alkanes) is 1. The van der Waals surface area contributed by atoms with Crippen LogP contribution < -0.4 is 14.9 Å². The first-order valence-corrected chi connectivity index (χ1v) is 18.9. The summed E-state index contributed by atoms with van der Waals surface area (Å²) in [5.74, 6) is -1.09. The number of carbonyl (C=O) groups excluding carboxylic acids is 2. The summed E-state index contributed by atoms with van der Waals surface area (Å²) in [6.45, 7) is 7.42. The van der Waals surface area contributed by atoms with Crippen molar-refractivity contribution in [3.05, 3.63) is 114 Å². The van der Waals surface area contributed by atoms with Crippen LogP contribution in [-0.2, 0) is 28.3 Å². The Labute approximate surface area is 295 Å². The number of aryl methyl sites for hydroxylation is 3. The average molecular weight is 692 g/mol. The average Bonchev–Trinajstić information content (AvgIpc) is 3.41. The lowest BCUT2D eigenvalue weighted by atomic mass is 9.98. The van der Waals surface area contributed by atoms with E-state index in [1.54, 1.807) is 6.07 Å². The summed E-state index contributed by atoms with van der Waals surface area (Å²) in [4.78, 5) is 35.9. The molecule has 0 bridgehead atoms. The molecule has 2 N–H and O–H groups in total. The van der Waals surface area contributed by atoms with Crippen LogP contribution in [0.15, 0.2) is 102 Å². The van der Waals surface area contributed by atoms with Crippen LogP contribution in [0.4, 0.5) is 17.1 Å². The third-order valence-electron chi connectivity index (χ3n) is 8.75. The minimum Gasteiger partial charge on any atom is -0.370 e. The van der Waals surface area contributed by atoms with Gasteiger partial charge in [0.1, 0.15) is 0 Å². The zero-order chi connectivity index (χ0) is 35.8. The number of aliphatic imine (C=N–C) groups is 1. The molecule has 0 saturated heterocycles. The van der Waals surface area contributed by atoms with E-state index >= 15 is 0 Å². The number of carbonyl (C=O) groups is 2. The maximum absolute atomic E-state index is 14.8.